The third-order valence-corrected chi connectivity index (χ3v) is 1.92. The van der Waals surface area contributed by atoms with Crippen molar-refractivity contribution in [3.63, 3.8) is 0 Å². The summed E-state index contributed by atoms with van der Waals surface area (Å²) in [6, 6.07) is 1.86. The molecule has 0 amide bonds. The molecule has 0 bridgehead atoms. The van der Waals surface area contributed by atoms with E-state index in [1.54, 1.807) is 0 Å². The summed E-state index contributed by atoms with van der Waals surface area (Å²) in [5.41, 5.74) is 2.40. The maximum absolute atomic E-state index is 9.59. The van der Waals surface area contributed by atoms with Gasteiger partial charge in [0.1, 0.15) is 0 Å². The summed E-state index contributed by atoms with van der Waals surface area (Å²) < 4.78 is 1.82. The van der Waals surface area contributed by atoms with Crippen molar-refractivity contribution in [2.45, 2.75) is 13.8 Å². The van der Waals surface area contributed by atoms with Crippen molar-refractivity contribution in [3.8, 4) is 5.75 Å². The van der Waals surface area contributed by atoms with Crippen LogP contribution in [0.5, 0.6) is 5.75 Å². The molecule has 0 radical (unpaired) electrons. The minimum Gasteiger partial charge on any atom is -0.504 e. The Balaban J connectivity index is 2.89. The normalized spacial score (nSPS) is 10.8. The minimum absolute atomic E-state index is 0.269. The molecule has 2 aromatic rings. The molecule has 0 unspecified atom stereocenters. The Hall–Kier alpha value is -1.51. The van der Waals surface area contributed by atoms with Crippen molar-refractivity contribution in [1.82, 2.24) is 9.38 Å². The van der Waals surface area contributed by atoms with Gasteiger partial charge in [-0.3, -0.25) is 0 Å². The Bertz CT molecular complexity index is 431. The third kappa shape index (κ3) is 0.863. The van der Waals surface area contributed by atoms with Crippen LogP contribution in [0.1, 0.15) is 11.3 Å². The van der Waals surface area contributed by atoms with Gasteiger partial charge in [0, 0.05) is 12.4 Å². The van der Waals surface area contributed by atoms with Gasteiger partial charge in [-0.1, -0.05) is 0 Å². The van der Waals surface area contributed by atoms with E-state index in [1.807, 2.05) is 36.7 Å². The Morgan fingerprint density at radius 1 is 1.42 bits per heavy atom. The zero-order valence-corrected chi connectivity index (χ0v) is 7.07. The average molecular weight is 162 g/mol. The number of fused-ring (bicyclic) bond motifs is 1. The van der Waals surface area contributed by atoms with Crippen LogP contribution in [0.2, 0.25) is 0 Å². The molecule has 0 aliphatic heterocycles. The topological polar surface area (TPSA) is 37.5 Å². The van der Waals surface area contributed by atoms with Crippen molar-refractivity contribution in [1.29, 1.82) is 0 Å². The molecular weight excluding hydrogens is 152 g/mol. The van der Waals surface area contributed by atoms with E-state index in [2.05, 4.69) is 4.98 Å². The zero-order chi connectivity index (χ0) is 8.72. The molecule has 0 saturated carbocycles. The lowest BCUT2D eigenvalue weighted by Crippen LogP contribution is -1.84. The molecule has 0 saturated heterocycles. The van der Waals surface area contributed by atoms with E-state index in [0.717, 1.165) is 11.3 Å². The van der Waals surface area contributed by atoms with Gasteiger partial charge in [-0.25, -0.2) is 4.98 Å². The maximum Gasteiger partial charge on any atom is 0.179 e. The van der Waals surface area contributed by atoms with Crippen LogP contribution < -0.4 is 0 Å². The molecule has 0 aromatic carbocycles. The Labute approximate surface area is 70.3 Å². The number of hydrogen-bond acceptors (Lipinski definition) is 2. The summed E-state index contributed by atoms with van der Waals surface area (Å²) in [5.74, 6) is 0.269. The van der Waals surface area contributed by atoms with Gasteiger partial charge in [-0.2, -0.15) is 0 Å². The minimum atomic E-state index is 0.269. The number of nitrogens with zero attached hydrogens (tertiary/aromatic N) is 2. The molecule has 2 aromatic heterocycles. The number of aryl methyl sites for hydroxylation is 2. The number of aromatic hydroxyl groups is 1. The van der Waals surface area contributed by atoms with E-state index in [1.165, 1.54) is 0 Å². The lowest BCUT2D eigenvalue weighted by Gasteiger charge is -1.98. The molecule has 2 rings (SSSR count). The van der Waals surface area contributed by atoms with Crippen LogP contribution in [-0.4, -0.2) is 14.5 Å². The molecule has 2 heterocycles. The highest BCUT2D eigenvalue weighted by Gasteiger charge is 2.04. The number of rotatable bonds is 0. The first-order chi connectivity index (χ1) is 5.68. The van der Waals surface area contributed by atoms with Crippen molar-refractivity contribution in [2.75, 3.05) is 0 Å². The second-order valence-corrected chi connectivity index (χ2v) is 2.96. The Morgan fingerprint density at radius 2 is 2.17 bits per heavy atom. The third-order valence-electron chi connectivity index (χ3n) is 1.92. The molecule has 0 spiro atoms. The lowest BCUT2D eigenvalue weighted by molar-refractivity contribution is 0.473. The van der Waals surface area contributed by atoms with Gasteiger partial charge >= 0.3 is 0 Å². The lowest BCUT2D eigenvalue weighted by atomic mass is 10.3. The van der Waals surface area contributed by atoms with Crippen LogP contribution >= 0.6 is 0 Å². The first-order valence-corrected chi connectivity index (χ1v) is 3.82. The van der Waals surface area contributed by atoms with Crippen molar-refractivity contribution in [2.24, 2.45) is 0 Å². The highest BCUT2D eigenvalue weighted by atomic mass is 16.3. The van der Waals surface area contributed by atoms with Crippen LogP contribution in [0.4, 0.5) is 0 Å². The molecule has 0 atom stereocenters. The van der Waals surface area contributed by atoms with Crippen LogP contribution in [0, 0.1) is 13.8 Å². The first-order valence-electron chi connectivity index (χ1n) is 3.82. The molecule has 62 valence electrons. The quantitative estimate of drug-likeness (QED) is 0.639. The molecule has 0 aliphatic carbocycles. The number of hydrogen-bond donors (Lipinski definition) is 1. The molecule has 3 nitrogen and oxygen atoms in total. The average Bonchev–Trinajstić information content (AvgIpc) is 2.39. The summed E-state index contributed by atoms with van der Waals surface area (Å²) >= 11 is 0. The largest absolute Gasteiger partial charge is 0.504 e. The molecule has 0 aliphatic rings. The van der Waals surface area contributed by atoms with Gasteiger partial charge in [0.15, 0.2) is 11.4 Å². The number of pyridine rings is 1. The maximum atomic E-state index is 9.59. The van der Waals surface area contributed by atoms with Gasteiger partial charge in [0.2, 0.25) is 0 Å². The second kappa shape index (κ2) is 2.24. The van der Waals surface area contributed by atoms with Gasteiger partial charge < -0.3 is 9.51 Å². The Kier molecular flexibility index (Phi) is 1.33. The van der Waals surface area contributed by atoms with Gasteiger partial charge in [0.05, 0.1) is 5.69 Å². The van der Waals surface area contributed by atoms with E-state index in [0.29, 0.717) is 5.65 Å². The molecule has 1 N–H and O–H groups in total. The fourth-order valence-corrected chi connectivity index (χ4v) is 1.25. The van der Waals surface area contributed by atoms with E-state index in [4.69, 9.17) is 0 Å². The Morgan fingerprint density at radius 3 is 2.92 bits per heavy atom. The fraction of sp³-hybridized carbons (Fsp3) is 0.222. The predicted molar refractivity (Wildman–Crippen MR) is 46.3 cm³/mol. The van der Waals surface area contributed by atoms with E-state index < -0.39 is 0 Å². The van der Waals surface area contributed by atoms with Crippen LogP contribution in [0.3, 0.4) is 0 Å². The zero-order valence-electron chi connectivity index (χ0n) is 7.07. The molecular formula is C9H10N2O. The van der Waals surface area contributed by atoms with Crippen molar-refractivity contribution >= 4 is 5.65 Å². The van der Waals surface area contributed by atoms with Crippen molar-refractivity contribution < 1.29 is 5.11 Å². The number of imidazole rings is 1. The summed E-state index contributed by atoms with van der Waals surface area (Å²) in [4.78, 5) is 4.19. The van der Waals surface area contributed by atoms with E-state index in [9.17, 15) is 5.11 Å². The highest BCUT2D eigenvalue weighted by Crippen LogP contribution is 2.21. The molecule has 0 fully saturated rings. The molecule has 3 heteroatoms. The highest BCUT2D eigenvalue weighted by molar-refractivity contribution is 5.57. The van der Waals surface area contributed by atoms with Gasteiger partial charge in [-0.05, 0) is 25.5 Å². The van der Waals surface area contributed by atoms with Crippen LogP contribution in [-0.2, 0) is 0 Å². The molecule has 12 heavy (non-hydrogen) atoms. The van der Waals surface area contributed by atoms with Crippen LogP contribution in [0.25, 0.3) is 5.65 Å². The van der Waals surface area contributed by atoms with Gasteiger partial charge in [-0.15, -0.1) is 0 Å². The predicted octanol–water partition coefficient (Wildman–Crippen LogP) is 1.66. The van der Waals surface area contributed by atoms with Gasteiger partial charge in [0.25, 0.3) is 0 Å². The van der Waals surface area contributed by atoms with Crippen molar-refractivity contribution in [3.05, 3.63) is 29.7 Å². The SMILES string of the molecule is Cc1cn2ccc(C)c(O)c2n1. The summed E-state index contributed by atoms with van der Waals surface area (Å²) in [6.07, 6.45) is 3.78. The van der Waals surface area contributed by atoms with Crippen LogP contribution in [0.15, 0.2) is 18.5 Å². The monoisotopic (exact) mass is 162 g/mol. The second-order valence-electron chi connectivity index (χ2n) is 2.96. The van der Waals surface area contributed by atoms with E-state index in [-0.39, 0.29) is 5.75 Å². The summed E-state index contributed by atoms with van der Waals surface area (Å²) in [5, 5.41) is 9.59. The summed E-state index contributed by atoms with van der Waals surface area (Å²) in [7, 11) is 0. The summed E-state index contributed by atoms with van der Waals surface area (Å²) in [6.45, 7) is 3.76. The standard InChI is InChI=1S/C9H10N2O/c1-6-3-4-11-5-7(2)10-9(11)8(6)12/h3-5,12H,1-2H3. The van der Waals surface area contributed by atoms with E-state index >= 15 is 0 Å². The number of aromatic nitrogens is 2. The fourth-order valence-electron chi connectivity index (χ4n) is 1.25. The smallest absolute Gasteiger partial charge is 0.179 e. The first kappa shape index (κ1) is 7.16.